The van der Waals surface area contributed by atoms with Gasteiger partial charge in [-0.25, -0.2) is 0 Å². The molecule has 0 aliphatic heterocycles. The summed E-state index contributed by atoms with van der Waals surface area (Å²) in [5.41, 5.74) is 1.81. The quantitative estimate of drug-likeness (QED) is 0.753. The standard InChI is InChI=1S/C12H8NO2/c14-12(15)10-6-4-9(5-7-10)11-3-1-2-8-13-11/h1-4,6-8H,(H,14,15)/q-1. The number of hydrogen-bond donors (Lipinski definition) is 1. The van der Waals surface area contributed by atoms with Gasteiger partial charge in [-0.2, -0.15) is 0 Å². The second kappa shape index (κ2) is 3.92. The summed E-state index contributed by atoms with van der Waals surface area (Å²) >= 11 is 0. The fraction of sp³-hybridized carbons (Fsp3) is 0. The smallest absolute Gasteiger partial charge is 0.292 e. The Morgan fingerprint density at radius 1 is 1.27 bits per heavy atom. The van der Waals surface area contributed by atoms with Gasteiger partial charge in [0, 0.05) is 6.20 Å². The van der Waals surface area contributed by atoms with Gasteiger partial charge in [-0.15, -0.1) is 29.8 Å². The lowest BCUT2D eigenvalue weighted by molar-refractivity contribution is 0.0697. The molecule has 1 N–H and O–H groups in total. The van der Waals surface area contributed by atoms with Crippen molar-refractivity contribution in [1.82, 2.24) is 4.98 Å². The van der Waals surface area contributed by atoms with E-state index in [1.165, 1.54) is 6.07 Å². The van der Waals surface area contributed by atoms with Crippen LogP contribution < -0.4 is 0 Å². The summed E-state index contributed by atoms with van der Waals surface area (Å²) in [5.74, 6) is -0.946. The fourth-order valence-corrected chi connectivity index (χ4v) is 1.24. The van der Waals surface area contributed by atoms with Gasteiger partial charge in [-0.3, -0.25) is 4.79 Å². The molecule has 0 saturated heterocycles. The highest BCUT2D eigenvalue weighted by Gasteiger charge is 1.95. The molecule has 0 fully saturated rings. The lowest BCUT2D eigenvalue weighted by atomic mass is 10.1. The normalized spacial score (nSPS) is 9.87. The van der Waals surface area contributed by atoms with Crippen LogP contribution >= 0.6 is 0 Å². The van der Waals surface area contributed by atoms with Crippen LogP contribution in [0.4, 0.5) is 0 Å². The highest BCUT2D eigenvalue weighted by Crippen LogP contribution is 2.15. The number of nitrogens with zero attached hydrogens (tertiary/aromatic N) is 1. The van der Waals surface area contributed by atoms with Gasteiger partial charge in [0.15, 0.2) is 0 Å². The number of carboxylic acids is 1. The van der Waals surface area contributed by atoms with E-state index in [4.69, 9.17) is 5.11 Å². The van der Waals surface area contributed by atoms with Gasteiger partial charge in [0.1, 0.15) is 0 Å². The number of rotatable bonds is 2. The Balaban J connectivity index is 2.36. The molecule has 0 atom stereocenters. The molecule has 74 valence electrons. The fourth-order valence-electron chi connectivity index (χ4n) is 1.24. The average molecular weight is 198 g/mol. The molecule has 1 aromatic carbocycles. The average Bonchev–Trinajstić information content (AvgIpc) is 2.30. The van der Waals surface area contributed by atoms with E-state index in [2.05, 4.69) is 11.1 Å². The molecule has 0 spiro atoms. The number of aromatic carboxylic acids is 1. The van der Waals surface area contributed by atoms with Crippen molar-refractivity contribution < 1.29 is 9.90 Å². The van der Waals surface area contributed by atoms with E-state index < -0.39 is 5.97 Å². The van der Waals surface area contributed by atoms with E-state index >= 15 is 0 Å². The van der Waals surface area contributed by atoms with Gasteiger partial charge in [-0.1, -0.05) is 12.1 Å². The Labute approximate surface area is 87.0 Å². The molecule has 0 saturated carbocycles. The molecule has 15 heavy (non-hydrogen) atoms. The van der Waals surface area contributed by atoms with Crippen LogP contribution in [-0.4, -0.2) is 16.1 Å². The minimum Gasteiger partial charge on any atom is -0.485 e. The molecule has 0 bridgehead atoms. The maximum absolute atomic E-state index is 10.6. The maximum atomic E-state index is 10.6. The van der Waals surface area contributed by atoms with Crippen molar-refractivity contribution in [1.29, 1.82) is 0 Å². The van der Waals surface area contributed by atoms with E-state index in [1.807, 2.05) is 18.2 Å². The summed E-state index contributed by atoms with van der Waals surface area (Å²) < 4.78 is 0. The Morgan fingerprint density at radius 2 is 2.13 bits per heavy atom. The Bertz CT molecular complexity index is 463. The first-order valence-electron chi connectivity index (χ1n) is 4.44. The summed E-state index contributed by atoms with van der Waals surface area (Å²) in [7, 11) is 0. The van der Waals surface area contributed by atoms with Crippen molar-refractivity contribution in [3.8, 4) is 11.3 Å². The topological polar surface area (TPSA) is 50.2 Å². The molecule has 2 aromatic rings. The summed E-state index contributed by atoms with van der Waals surface area (Å²) in [6.07, 6.45) is 1.69. The zero-order valence-corrected chi connectivity index (χ0v) is 7.84. The molecule has 3 nitrogen and oxygen atoms in total. The van der Waals surface area contributed by atoms with Gasteiger partial charge in [0.2, 0.25) is 0 Å². The number of carboxylic acid groups (broad SMARTS) is 1. The van der Waals surface area contributed by atoms with Crippen LogP contribution in [0.1, 0.15) is 10.4 Å². The first-order chi connectivity index (χ1) is 7.27. The monoisotopic (exact) mass is 198 g/mol. The van der Waals surface area contributed by atoms with Crippen molar-refractivity contribution in [2.24, 2.45) is 0 Å². The summed E-state index contributed by atoms with van der Waals surface area (Å²) in [4.78, 5) is 14.8. The van der Waals surface area contributed by atoms with Gasteiger partial charge in [0.05, 0.1) is 0 Å². The SMILES string of the molecule is O=C(O)c1c[c-]c(-c2ccccn2)cc1. The maximum Gasteiger partial charge on any atom is 0.292 e. The van der Waals surface area contributed by atoms with Crippen LogP contribution in [0.3, 0.4) is 0 Å². The van der Waals surface area contributed by atoms with E-state index in [-0.39, 0.29) is 5.56 Å². The number of carbonyl (C=O) groups is 1. The predicted molar refractivity (Wildman–Crippen MR) is 55.5 cm³/mol. The molecule has 0 unspecified atom stereocenters. The minimum absolute atomic E-state index is 0.231. The molecule has 0 aliphatic carbocycles. The van der Waals surface area contributed by atoms with Crippen molar-refractivity contribution >= 4 is 5.97 Å². The van der Waals surface area contributed by atoms with E-state index in [0.717, 1.165) is 11.3 Å². The summed E-state index contributed by atoms with van der Waals surface area (Å²) in [5, 5.41) is 8.71. The van der Waals surface area contributed by atoms with Gasteiger partial charge >= 0.3 is 0 Å². The molecule has 0 aliphatic rings. The predicted octanol–water partition coefficient (Wildman–Crippen LogP) is 2.25. The highest BCUT2D eigenvalue weighted by molar-refractivity contribution is 5.88. The lowest BCUT2D eigenvalue weighted by Gasteiger charge is -2.08. The van der Waals surface area contributed by atoms with E-state index in [0.29, 0.717) is 0 Å². The van der Waals surface area contributed by atoms with Gasteiger partial charge in [-0.05, 0) is 17.3 Å². The zero-order valence-electron chi connectivity index (χ0n) is 7.84. The van der Waals surface area contributed by atoms with Gasteiger partial charge < -0.3 is 10.1 Å². The third-order valence-corrected chi connectivity index (χ3v) is 2.00. The van der Waals surface area contributed by atoms with Gasteiger partial charge in [0.25, 0.3) is 5.97 Å². The molecular formula is C12H8NO2-. The second-order valence-corrected chi connectivity index (χ2v) is 3.01. The lowest BCUT2D eigenvalue weighted by Crippen LogP contribution is -1.95. The molecule has 0 amide bonds. The molecule has 0 radical (unpaired) electrons. The Morgan fingerprint density at radius 3 is 2.67 bits per heavy atom. The van der Waals surface area contributed by atoms with E-state index in [9.17, 15) is 4.79 Å². The third kappa shape index (κ3) is 2.02. The molecule has 1 aromatic heterocycles. The largest absolute Gasteiger partial charge is 0.485 e. The van der Waals surface area contributed by atoms with Crippen LogP contribution in [0, 0.1) is 6.07 Å². The van der Waals surface area contributed by atoms with Crippen LogP contribution in [-0.2, 0) is 0 Å². The first-order valence-corrected chi connectivity index (χ1v) is 4.44. The molecule has 2 rings (SSSR count). The zero-order chi connectivity index (χ0) is 10.7. The number of pyridine rings is 1. The van der Waals surface area contributed by atoms with E-state index in [1.54, 1.807) is 18.3 Å². The number of hydrogen-bond acceptors (Lipinski definition) is 2. The second-order valence-electron chi connectivity index (χ2n) is 3.01. The Kier molecular flexibility index (Phi) is 2.46. The van der Waals surface area contributed by atoms with Crippen LogP contribution in [0.15, 0.2) is 42.6 Å². The molecule has 3 heteroatoms. The summed E-state index contributed by atoms with van der Waals surface area (Å²) in [6, 6.07) is 13.1. The summed E-state index contributed by atoms with van der Waals surface area (Å²) in [6.45, 7) is 0. The van der Waals surface area contributed by atoms with Crippen molar-refractivity contribution in [3.63, 3.8) is 0 Å². The highest BCUT2D eigenvalue weighted by atomic mass is 16.4. The third-order valence-electron chi connectivity index (χ3n) is 2.00. The first kappa shape index (κ1) is 9.40. The number of aromatic nitrogens is 1. The number of benzene rings is 1. The Hall–Kier alpha value is -2.16. The van der Waals surface area contributed by atoms with Crippen LogP contribution in [0.2, 0.25) is 0 Å². The van der Waals surface area contributed by atoms with Crippen molar-refractivity contribution in [2.45, 2.75) is 0 Å². The van der Waals surface area contributed by atoms with Crippen LogP contribution in [0.5, 0.6) is 0 Å². The molecular weight excluding hydrogens is 190 g/mol. The molecule has 1 heterocycles. The van der Waals surface area contributed by atoms with Crippen LogP contribution in [0.25, 0.3) is 11.3 Å². The van der Waals surface area contributed by atoms with Crippen molar-refractivity contribution in [3.05, 3.63) is 54.2 Å². The minimum atomic E-state index is -0.946. The van der Waals surface area contributed by atoms with Crippen molar-refractivity contribution in [2.75, 3.05) is 0 Å².